The van der Waals surface area contributed by atoms with E-state index in [2.05, 4.69) is 0 Å². The topological polar surface area (TPSA) is 40.6 Å². The first-order chi connectivity index (χ1) is 12.3. The van der Waals surface area contributed by atoms with Gasteiger partial charge in [0.25, 0.3) is 0 Å². The number of hydrogen-bond acceptors (Lipinski definition) is 3. The van der Waals surface area contributed by atoms with Gasteiger partial charge in [-0.05, 0) is 24.3 Å². The molecule has 2 aromatic rings. The lowest BCUT2D eigenvalue weighted by Gasteiger charge is -2.34. The molecule has 3 rings (SSSR count). The quantitative estimate of drug-likeness (QED) is 0.785. The normalized spacial score (nSPS) is 16.8. The molecule has 26 heavy (non-hydrogen) atoms. The SMILES string of the molecule is O=S(=O)(c1c(F)cccc1F)N1CCN(Cc2c(F)cccc2Cl)CC1. The van der Waals surface area contributed by atoms with Crippen molar-refractivity contribution in [2.75, 3.05) is 26.2 Å². The van der Waals surface area contributed by atoms with Crippen LogP contribution in [0.15, 0.2) is 41.3 Å². The summed E-state index contributed by atoms with van der Waals surface area (Å²) in [4.78, 5) is 0.902. The van der Waals surface area contributed by atoms with E-state index < -0.39 is 32.4 Å². The van der Waals surface area contributed by atoms with Crippen LogP contribution in [0.25, 0.3) is 0 Å². The van der Waals surface area contributed by atoms with Gasteiger partial charge in [-0.1, -0.05) is 23.7 Å². The predicted octanol–water partition coefficient (Wildman–Crippen LogP) is 3.26. The summed E-state index contributed by atoms with van der Waals surface area (Å²) >= 11 is 6.01. The van der Waals surface area contributed by atoms with E-state index in [4.69, 9.17) is 11.6 Å². The molecular formula is C17H16ClF3N2O2S. The summed E-state index contributed by atoms with van der Waals surface area (Å²) in [6, 6.07) is 7.33. The highest BCUT2D eigenvalue weighted by atomic mass is 35.5. The van der Waals surface area contributed by atoms with Gasteiger partial charge < -0.3 is 0 Å². The van der Waals surface area contributed by atoms with Crippen molar-refractivity contribution >= 4 is 21.6 Å². The molecular weight excluding hydrogens is 389 g/mol. The molecule has 2 aromatic carbocycles. The number of benzene rings is 2. The van der Waals surface area contributed by atoms with Gasteiger partial charge in [-0.25, -0.2) is 21.6 Å². The maximum absolute atomic E-state index is 13.9. The van der Waals surface area contributed by atoms with Gasteiger partial charge in [0.05, 0.1) is 0 Å². The minimum atomic E-state index is -4.28. The van der Waals surface area contributed by atoms with Crippen molar-refractivity contribution in [1.29, 1.82) is 0 Å². The molecule has 0 bridgehead atoms. The molecule has 4 nitrogen and oxygen atoms in total. The molecule has 0 radical (unpaired) electrons. The number of piperazine rings is 1. The van der Waals surface area contributed by atoms with Crippen LogP contribution in [0.3, 0.4) is 0 Å². The van der Waals surface area contributed by atoms with Gasteiger partial charge >= 0.3 is 0 Å². The van der Waals surface area contributed by atoms with Gasteiger partial charge in [0.15, 0.2) is 4.90 Å². The van der Waals surface area contributed by atoms with Gasteiger partial charge in [-0.2, -0.15) is 4.31 Å². The van der Waals surface area contributed by atoms with Gasteiger partial charge in [-0.3, -0.25) is 4.90 Å². The van der Waals surface area contributed by atoms with Crippen LogP contribution in [0.4, 0.5) is 13.2 Å². The van der Waals surface area contributed by atoms with Gasteiger partial charge in [-0.15, -0.1) is 0 Å². The number of rotatable bonds is 4. The molecule has 0 aromatic heterocycles. The lowest BCUT2D eigenvalue weighted by atomic mass is 10.2. The van der Waals surface area contributed by atoms with Gasteiger partial charge in [0.1, 0.15) is 17.5 Å². The first kappa shape index (κ1) is 19.2. The minimum absolute atomic E-state index is 0.0438. The second-order valence-corrected chi connectivity index (χ2v) is 8.21. The maximum atomic E-state index is 13.9. The zero-order chi connectivity index (χ0) is 18.9. The largest absolute Gasteiger partial charge is 0.296 e. The van der Waals surface area contributed by atoms with E-state index in [1.807, 2.05) is 4.90 Å². The molecule has 1 heterocycles. The lowest BCUT2D eigenvalue weighted by Crippen LogP contribution is -2.48. The fraction of sp³-hybridized carbons (Fsp3) is 0.294. The molecule has 0 spiro atoms. The Hall–Kier alpha value is -1.61. The Morgan fingerprint density at radius 1 is 0.885 bits per heavy atom. The summed E-state index contributed by atoms with van der Waals surface area (Å²) in [6.45, 7) is 0.901. The van der Waals surface area contributed by atoms with Gasteiger partial charge in [0, 0.05) is 43.3 Å². The smallest absolute Gasteiger partial charge is 0.249 e. The Bertz CT molecular complexity index is 876. The Morgan fingerprint density at radius 3 is 2.00 bits per heavy atom. The molecule has 1 aliphatic heterocycles. The minimum Gasteiger partial charge on any atom is -0.296 e. The van der Waals surface area contributed by atoms with Crippen molar-refractivity contribution in [3.05, 3.63) is 64.4 Å². The predicted molar refractivity (Wildman–Crippen MR) is 91.8 cm³/mol. The summed E-state index contributed by atoms with van der Waals surface area (Å²) in [7, 11) is -4.28. The highest BCUT2D eigenvalue weighted by molar-refractivity contribution is 7.89. The van der Waals surface area contributed by atoms with E-state index in [1.54, 1.807) is 6.07 Å². The van der Waals surface area contributed by atoms with Crippen molar-refractivity contribution in [2.45, 2.75) is 11.4 Å². The summed E-state index contributed by atoms with van der Waals surface area (Å²) < 4.78 is 67.7. The zero-order valence-corrected chi connectivity index (χ0v) is 15.2. The highest BCUT2D eigenvalue weighted by Gasteiger charge is 2.33. The molecule has 1 aliphatic rings. The van der Waals surface area contributed by atoms with E-state index in [0.717, 1.165) is 22.5 Å². The van der Waals surface area contributed by atoms with Crippen molar-refractivity contribution < 1.29 is 21.6 Å². The molecule has 0 saturated carbocycles. The van der Waals surface area contributed by atoms with Crippen molar-refractivity contribution in [2.24, 2.45) is 0 Å². The molecule has 0 amide bonds. The zero-order valence-electron chi connectivity index (χ0n) is 13.6. The fourth-order valence-corrected chi connectivity index (χ4v) is 4.65. The second kappa shape index (κ2) is 7.56. The van der Waals surface area contributed by atoms with Crippen LogP contribution in [-0.2, 0) is 16.6 Å². The summed E-state index contributed by atoms with van der Waals surface area (Å²) in [5, 5.41) is 0.300. The molecule has 1 fully saturated rings. The van der Waals surface area contributed by atoms with Crippen molar-refractivity contribution in [3.8, 4) is 0 Å². The summed E-state index contributed by atoms with van der Waals surface area (Å²) in [5.41, 5.74) is 0.339. The Morgan fingerprint density at radius 2 is 1.42 bits per heavy atom. The number of nitrogens with zero attached hydrogens (tertiary/aromatic N) is 2. The van der Waals surface area contributed by atoms with E-state index in [9.17, 15) is 21.6 Å². The molecule has 0 N–H and O–H groups in total. The van der Waals surface area contributed by atoms with Crippen LogP contribution in [0.2, 0.25) is 5.02 Å². The average Bonchev–Trinajstić information content (AvgIpc) is 2.58. The van der Waals surface area contributed by atoms with Crippen molar-refractivity contribution in [3.63, 3.8) is 0 Å². The molecule has 0 aliphatic carbocycles. The maximum Gasteiger partial charge on any atom is 0.249 e. The van der Waals surface area contributed by atoms with Crippen LogP contribution < -0.4 is 0 Å². The van der Waals surface area contributed by atoms with E-state index in [0.29, 0.717) is 23.7 Å². The third-order valence-electron chi connectivity index (χ3n) is 4.29. The number of halogens is 4. The monoisotopic (exact) mass is 404 g/mol. The van der Waals surface area contributed by atoms with Crippen LogP contribution in [0.1, 0.15) is 5.56 Å². The first-order valence-electron chi connectivity index (χ1n) is 7.90. The first-order valence-corrected chi connectivity index (χ1v) is 9.72. The number of hydrogen-bond donors (Lipinski definition) is 0. The Kier molecular flexibility index (Phi) is 5.57. The van der Waals surface area contributed by atoms with E-state index in [-0.39, 0.29) is 19.6 Å². The Balaban J connectivity index is 1.72. The van der Waals surface area contributed by atoms with E-state index in [1.165, 1.54) is 12.1 Å². The molecule has 0 atom stereocenters. The molecule has 0 unspecified atom stereocenters. The summed E-state index contributed by atoms with van der Waals surface area (Å²) in [6.07, 6.45) is 0. The second-order valence-electron chi connectivity index (χ2n) is 5.93. The molecule has 9 heteroatoms. The van der Waals surface area contributed by atoms with Gasteiger partial charge in [0.2, 0.25) is 10.0 Å². The molecule has 140 valence electrons. The van der Waals surface area contributed by atoms with Crippen LogP contribution in [-0.4, -0.2) is 43.8 Å². The average molecular weight is 405 g/mol. The number of sulfonamides is 1. The third-order valence-corrected chi connectivity index (χ3v) is 6.60. The van der Waals surface area contributed by atoms with Crippen LogP contribution >= 0.6 is 11.6 Å². The highest BCUT2D eigenvalue weighted by Crippen LogP contribution is 2.25. The van der Waals surface area contributed by atoms with Crippen LogP contribution in [0.5, 0.6) is 0 Å². The molecule has 1 saturated heterocycles. The van der Waals surface area contributed by atoms with E-state index >= 15 is 0 Å². The summed E-state index contributed by atoms with van der Waals surface area (Å²) in [5.74, 6) is -2.67. The third kappa shape index (κ3) is 3.73. The Labute approximate surface area is 154 Å². The standard InChI is InChI=1S/C17H16ClF3N2O2S/c18-13-3-1-4-14(19)12(13)11-22-7-9-23(10-8-22)26(24,25)17-15(20)5-2-6-16(17)21/h1-6H,7-11H2. The fourth-order valence-electron chi connectivity index (χ4n) is 2.89. The van der Waals surface area contributed by atoms with Crippen LogP contribution in [0, 0.1) is 17.5 Å². The lowest BCUT2D eigenvalue weighted by molar-refractivity contribution is 0.179. The van der Waals surface area contributed by atoms with Crippen molar-refractivity contribution in [1.82, 2.24) is 9.21 Å².